The van der Waals surface area contributed by atoms with Gasteiger partial charge in [0.15, 0.2) is 0 Å². The van der Waals surface area contributed by atoms with Gasteiger partial charge < -0.3 is 32.5 Å². The predicted molar refractivity (Wildman–Crippen MR) is 131 cm³/mol. The standard InChI is InChI=1S/C25H31N5O6/c26-18(11-12-21(27)31)23(33)28-15-22(32)29-19(13-16-7-3-1-4-8-16)24(34)30-20(25(35)36)14-17-9-5-2-6-10-17/h1-10,18-20H,11-15,26H2,(H2,27,31)(H,28,33)(H,29,32)(H,30,34)(H,35,36). The summed E-state index contributed by atoms with van der Waals surface area (Å²) in [6, 6.07) is 14.4. The van der Waals surface area contributed by atoms with E-state index in [0.717, 1.165) is 11.1 Å². The summed E-state index contributed by atoms with van der Waals surface area (Å²) in [6.07, 6.45) is 0.114. The molecule has 0 radical (unpaired) electrons. The summed E-state index contributed by atoms with van der Waals surface area (Å²) >= 11 is 0. The first-order valence-corrected chi connectivity index (χ1v) is 11.4. The van der Waals surface area contributed by atoms with Crippen molar-refractivity contribution in [3.05, 3.63) is 71.8 Å². The van der Waals surface area contributed by atoms with E-state index in [0.29, 0.717) is 0 Å². The number of nitrogens with two attached hydrogens (primary N) is 2. The maximum Gasteiger partial charge on any atom is 0.326 e. The van der Waals surface area contributed by atoms with Gasteiger partial charge in [0.1, 0.15) is 12.1 Å². The van der Waals surface area contributed by atoms with Crippen LogP contribution in [0.3, 0.4) is 0 Å². The van der Waals surface area contributed by atoms with E-state index in [-0.39, 0.29) is 25.7 Å². The molecule has 36 heavy (non-hydrogen) atoms. The van der Waals surface area contributed by atoms with E-state index in [1.54, 1.807) is 60.7 Å². The molecule has 2 aromatic carbocycles. The Kier molecular flexibility index (Phi) is 11.1. The fraction of sp³-hybridized carbons (Fsp3) is 0.320. The van der Waals surface area contributed by atoms with Crippen molar-refractivity contribution in [2.75, 3.05) is 6.54 Å². The van der Waals surface area contributed by atoms with Crippen LogP contribution in [0.2, 0.25) is 0 Å². The van der Waals surface area contributed by atoms with Crippen molar-refractivity contribution in [2.45, 2.75) is 43.8 Å². The molecule has 0 aliphatic heterocycles. The first-order valence-electron chi connectivity index (χ1n) is 11.4. The molecule has 0 aromatic heterocycles. The second-order valence-electron chi connectivity index (χ2n) is 8.23. The molecule has 0 heterocycles. The second kappa shape index (κ2) is 14.2. The van der Waals surface area contributed by atoms with Crippen molar-refractivity contribution in [1.29, 1.82) is 0 Å². The maximum atomic E-state index is 13.0. The average molecular weight is 498 g/mol. The van der Waals surface area contributed by atoms with Crippen molar-refractivity contribution in [1.82, 2.24) is 16.0 Å². The van der Waals surface area contributed by atoms with Gasteiger partial charge in [0.25, 0.3) is 0 Å². The van der Waals surface area contributed by atoms with Crippen LogP contribution in [0.1, 0.15) is 24.0 Å². The number of hydrogen-bond donors (Lipinski definition) is 6. The minimum atomic E-state index is -1.21. The van der Waals surface area contributed by atoms with Gasteiger partial charge in [0.05, 0.1) is 12.6 Å². The normalized spacial score (nSPS) is 13.0. The zero-order valence-electron chi connectivity index (χ0n) is 19.7. The van der Waals surface area contributed by atoms with Crippen LogP contribution in [0, 0.1) is 0 Å². The van der Waals surface area contributed by atoms with E-state index in [4.69, 9.17) is 11.5 Å². The van der Waals surface area contributed by atoms with Gasteiger partial charge in [-0.15, -0.1) is 0 Å². The Hall–Kier alpha value is -4.25. The fourth-order valence-electron chi connectivity index (χ4n) is 3.35. The lowest BCUT2D eigenvalue weighted by Crippen LogP contribution is -2.54. The van der Waals surface area contributed by atoms with Gasteiger partial charge in [-0.1, -0.05) is 60.7 Å². The number of primary amides is 1. The van der Waals surface area contributed by atoms with Gasteiger partial charge in [-0.05, 0) is 17.5 Å². The largest absolute Gasteiger partial charge is 0.480 e. The van der Waals surface area contributed by atoms with Crippen LogP contribution >= 0.6 is 0 Å². The summed E-state index contributed by atoms with van der Waals surface area (Å²) in [5.74, 6) is -3.81. The van der Waals surface area contributed by atoms with Crippen LogP contribution in [0.4, 0.5) is 0 Å². The molecule has 0 bridgehead atoms. The summed E-state index contributed by atoms with van der Waals surface area (Å²) in [4.78, 5) is 60.2. The molecule has 2 aromatic rings. The van der Waals surface area contributed by atoms with Gasteiger partial charge in [0, 0.05) is 19.3 Å². The van der Waals surface area contributed by atoms with E-state index in [2.05, 4.69) is 16.0 Å². The number of aliphatic carboxylic acids is 1. The Bertz CT molecular complexity index is 1050. The molecule has 192 valence electrons. The third kappa shape index (κ3) is 9.94. The number of carboxylic acid groups (broad SMARTS) is 1. The van der Waals surface area contributed by atoms with Gasteiger partial charge in [-0.2, -0.15) is 0 Å². The molecule has 3 unspecified atom stereocenters. The van der Waals surface area contributed by atoms with E-state index in [1.165, 1.54) is 0 Å². The SMILES string of the molecule is NC(=O)CCC(N)C(=O)NCC(=O)NC(Cc1ccccc1)C(=O)NC(Cc1ccccc1)C(=O)O. The molecule has 0 saturated heterocycles. The Morgan fingerprint density at radius 1 is 0.778 bits per heavy atom. The van der Waals surface area contributed by atoms with E-state index >= 15 is 0 Å². The number of amides is 4. The monoisotopic (exact) mass is 497 g/mol. The van der Waals surface area contributed by atoms with Crippen LogP contribution in [0.5, 0.6) is 0 Å². The highest BCUT2D eigenvalue weighted by molar-refractivity contribution is 5.92. The van der Waals surface area contributed by atoms with Gasteiger partial charge in [-0.3, -0.25) is 19.2 Å². The van der Waals surface area contributed by atoms with Crippen LogP contribution in [-0.2, 0) is 36.8 Å². The molecular weight excluding hydrogens is 466 g/mol. The third-order valence-corrected chi connectivity index (χ3v) is 5.29. The molecule has 0 spiro atoms. The Labute approximate surface area is 208 Å². The molecule has 11 heteroatoms. The number of carbonyl (C=O) groups is 5. The van der Waals surface area contributed by atoms with Crippen molar-refractivity contribution >= 4 is 29.6 Å². The topological polar surface area (TPSA) is 194 Å². The van der Waals surface area contributed by atoms with E-state index < -0.39 is 54.3 Å². The molecule has 0 aliphatic rings. The molecular formula is C25H31N5O6. The van der Waals surface area contributed by atoms with Crippen LogP contribution in [0.25, 0.3) is 0 Å². The maximum absolute atomic E-state index is 13.0. The quantitative estimate of drug-likeness (QED) is 0.197. The minimum Gasteiger partial charge on any atom is -0.480 e. The van der Waals surface area contributed by atoms with Gasteiger partial charge in [-0.25, -0.2) is 4.79 Å². The molecule has 8 N–H and O–H groups in total. The number of carbonyl (C=O) groups excluding carboxylic acids is 4. The smallest absolute Gasteiger partial charge is 0.326 e. The lowest BCUT2D eigenvalue weighted by molar-refractivity contribution is -0.142. The second-order valence-corrected chi connectivity index (χ2v) is 8.23. The highest BCUT2D eigenvalue weighted by Crippen LogP contribution is 2.07. The van der Waals surface area contributed by atoms with Crippen LogP contribution < -0.4 is 27.4 Å². The molecule has 2 rings (SSSR count). The molecule has 0 saturated carbocycles. The number of hydrogen-bond acceptors (Lipinski definition) is 6. The highest BCUT2D eigenvalue weighted by Gasteiger charge is 2.27. The Morgan fingerprint density at radius 3 is 1.81 bits per heavy atom. The first-order chi connectivity index (χ1) is 17.2. The number of carboxylic acids is 1. The van der Waals surface area contributed by atoms with E-state index in [1.807, 2.05) is 0 Å². The lowest BCUT2D eigenvalue weighted by Gasteiger charge is -2.22. The molecule has 11 nitrogen and oxygen atoms in total. The summed E-state index contributed by atoms with van der Waals surface area (Å²) in [5, 5.41) is 17.0. The first kappa shape index (κ1) is 28.0. The molecule has 0 aliphatic carbocycles. The van der Waals surface area contributed by atoms with Gasteiger partial charge in [0.2, 0.25) is 23.6 Å². The minimum absolute atomic E-state index is 0.0276. The predicted octanol–water partition coefficient (Wildman–Crippen LogP) is -0.765. The van der Waals surface area contributed by atoms with Crippen LogP contribution in [0.15, 0.2) is 60.7 Å². The Balaban J connectivity index is 2.04. The molecule has 4 amide bonds. The summed E-state index contributed by atoms with van der Waals surface area (Å²) in [7, 11) is 0. The zero-order chi connectivity index (χ0) is 26.5. The van der Waals surface area contributed by atoms with Crippen molar-refractivity contribution in [3.8, 4) is 0 Å². The van der Waals surface area contributed by atoms with Crippen LogP contribution in [-0.4, -0.2) is 59.4 Å². The highest BCUT2D eigenvalue weighted by atomic mass is 16.4. The fourth-order valence-corrected chi connectivity index (χ4v) is 3.35. The zero-order valence-corrected chi connectivity index (χ0v) is 19.7. The Morgan fingerprint density at radius 2 is 1.31 bits per heavy atom. The average Bonchev–Trinajstić information content (AvgIpc) is 2.86. The summed E-state index contributed by atoms with van der Waals surface area (Å²) in [6.45, 7) is -0.464. The van der Waals surface area contributed by atoms with Crippen molar-refractivity contribution in [2.24, 2.45) is 11.5 Å². The number of nitrogens with one attached hydrogen (secondary N) is 3. The van der Waals surface area contributed by atoms with Gasteiger partial charge >= 0.3 is 5.97 Å². The summed E-state index contributed by atoms with van der Waals surface area (Å²) in [5.41, 5.74) is 12.2. The molecule has 3 atom stereocenters. The summed E-state index contributed by atoms with van der Waals surface area (Å²) < 4.78 is 0. The molecule has 0 fully saturated rings. The number of benzene rings is 2. The third-order valence-electron chi connectivity index (χ3n) is 5.29. The van der Waals surface area contributed by atoms with Crippen molar-refractivity contribution in [3.63, 3.8) is 0 Å². The lowest BCUT2D eigenvalue weighted by atomic mass is 10.0. The van der Waals surface area contributed by atoms with E-state index in [9.17, 15) is 29.1 Å². The number of rotatable bonds is 14. The van der Waals surface area contributed by atoms with Crippen molar-refractivity contribution < 1.29 is 29.1 Å².